The van der Waals surface area contributed by atoms with Crippen molar-refractivity contribution in [3.63, 3.8) is 0 Å². The minimum atomic E-state index is -0.318. The first-order valence-corrected chi connectivity index (χ1v) is 9.47. The van der Waals surface area contributed by atoms with Crippen LogP contribution in [0, 0.1) is 0 Å². The number of ether oxygens (including phenoxy) is 1. The Morgan fingerprint density at radius 2 is 1.74 bits per heavy atom. The fraction of sp³-hybridized carbons (Fsp3) is 0.650. The van der Waals surface area contributed by atoms with E-state index in [2.05, 4.69) is 58.8 Å². The van der Waals surface area contributed by atoms with Gasteiger partial charge in [0.2, 0.25) is 0 Å². The zero-order chi connectivity index (χ0) is 18.3. The molecule has 1 aromatic rings. The molecule has 0 saturated heterocycles. The van der Waals surface area contributed by atoms with Crippen LogP contribution in [0.2, 0.25) is 0 Å². The van der Waals surface area contributed by atoms with Gasteiger partial charge in [-0.25, -0.2) is 0 Å². The summed E-state index contributed by atoms with van der Waals surface area (Å²) in [6.07, 6.45) is 5.31. The Labute approximate surface area is 152 Å². The van der Waals surface area contributed by atoms with Crippen molar-refractivity contribution < 1.29 is 9.53 Å². The Morgan fingerprint density at radius 1 is 1.17 bits per heavy atom. The van der Waals surface area contributed by atoms with Crippen molar-refractivity contribution in [3.8, 4) is 0 Å². The second-order valence-corrected chi connectivity index (χ2v) is 7.10. The zero-order valence-electron chi connectivity index (χ0n) is 16.0. The topological polar surface area (TPSA) is 26.3 Å². The summed E-state index contributed by atoms with van der Waals surface area (Å²) >= 11 is 3.61. The standard InChI is InChI=1S/C13H19Br.C5H10O2.C2H6/c1-3-4-5-8-11(2)12-9-6-7-10-13(12)14;1-5(2,3)7-4-6;1-2/h6-7,9-11H,3-5,8H2,1-2H3;4H,1-3H3;1-2H3. The normalized spacial score (nSPS) is 11.3. The average molecular weight is 387 g/mol. The van der Waals surface area contributed by atoms with E-state index in [0.717, 1.165) is 0 Å². The smallest absolute Gasteiger partial charge is 0.293 e. The molecular formula is C20H35BrO2. The maximum Gasteiger partial charge on any atom is 0.293 e. The predicted molar refractivity (Wildman–Crippen MR) is 105 cm³/mol. The van der Waals surface area contributed by atoms with Crippen molar-refractivity contribution >= 4 is 22.4 Å². The fourth-order valence-corrected chi connectivity index (χ4v) is 2.55. The van der Waals surface area contributed by atoms with E-state index in [0.29, 0.717) is 12.4 Å². The van der Waals surface area contributed by atoms with Crippen LogP contribution in [0.4, 0.5) is 0 Å². The Morgan fingerprint density at radius 3 is 2.13 bits per heavy atom. The van der Waals surface area contributed by atoms with Crippen LogP contribution < -0.4 is 0 Å². The summed E-state index contributed by atoms with van der Waals surface area (Å²) in [5.41, 5.74) is 1.13. The third kappa shape index (κ3) is 14.5. The van der Waals surface area contributed by atoms with E-state index < -0.39 is 0 Å². The van der Waals surface area contributed by atoms with E-state index in [-0.39, 0.29) is 5.60 Å². The number of hydrogen-bond acceptors (Lipinski definition) is 2. The van der Waals surface area contributed by atoms with Gasteiger partial charge >= 0.3 is 0 Å². The SMILES string of the molecule is CC.CC(C)(C)OC=O.CCCCCC(C)c1ccccc1Br. The summed E-state index contributed by atoms with van der Waals surface area (Å²) in [5.74, 6) is 0.678. The third-order valence-corrected chi connectivity index (χ3v) is 3.80. The van der Waals surface area contributed by atoms with Crippen molar-refractivity contribution in [2.45, 2.75) is 85.7 Å². The molecular weight excluding hydrogens is 352 g/mol. The molecule has 3 heteroatoms. The summed E-state index contributed by atoms with van der Waals surface area (Å²) < 4.78 is 5.80. The lowest BCUT2D eigenvalue weighted by atomic mass is 9.95. The van der Waals surface area contributed by atoms with Crippen molar-refractivity contribution in [2.75, 3.05) is 0 Å². The molecule has 0 aliphatic rings. The van der Waals surface area contributed by atoms with Gasteiger partial charge in [-0.1, -0.05) is 81.1 Å². The first-order valence-electron chi connectivity index (χ1n) is 8.67. The van der Waals surface area contributed by atoms with Gasteiger partial charge in [0.1, 0.15) is 5.60 Å². The number of halogens is 1. The van der Waals surface area contributed by atoms with Gasteiger partial charge in [0.05, 0.1) is 0 Å². The molecule has 0 spiro atoms. The molecule has 0 aromatic heterocycles. The van der Waals surface area contributed by atoms with Gasteiger partial charge in [0.25, 0.3) is 6.47 Å². The highest BCUT2D eigenvalue weighted by Crippen LogP contribution is 2.28. The Balaban J connectivity index is 0. The largest absolute Gasteiger partial charge is 0.462 e. The zero-order valence-corrected chi connectivity index (χ0v) is 17.6. The van der Waals surface area contributed by atoms with Crippen LogP contribution >= 0.6 is 15.9 Å². The van der Waals surface area contributed by atoms with E-state index in [1.165, 1.54) is 35.7 Å². The molecule has 23 heavy (non-hydrogen) atoms. The van der Waals surface area contributed by atoms with Crippen LogP contribution in [-0.2, 0) is 9.53 Å². The maximum absolute atomic E-state index is 9.60. The monoisotopic (exact) mass is 386 g/mol. The molecule has 0 aliphatic carbocycles. The molecule has 0 amide bonds. The lowest BCUT2D eigenvalue weighted by Crippen LogP contribution is -2.17. The van der Waals surface area contributed by atoms with E-state index in [4.69, 9.17) is 0 Å². The lowest BCUT2D eigenvalue weighted by Gasteiger charge is -2.14. The fourth-order valence-electron chi connectivity index (χ4n) is 1.88. The number of benzene rings is 1. The van der Waals surface area contributed by atoms with Crippen molar-refractivity contribution in [2.24, 2.45) is 0 Å². The predicted octanol–water partition coefficient (Wildman–Crippen LogP) is 7.12. The third-order valence-electron chi connectivity index (χ3n) is 3.08. The van der Waals surface area contributed by atoms with Crippen LogP contribution in [0.25, 0.3) is 0 Å². The summed E-state index contributed by atoms with van der Waals surface area (Å²) in [5, 5.41) is 0. The molecule has 0 saturated carbocycles. The molecule has 0 N–H and O–H groups in total. The summed E-state index contributed by atoms with van der Waals surface area (Å²) in [6.45, 7) is 14.5. The molecule has 1 rings (SSSR count). The summed E-state index contributed by atoms with van der Waals surface area (Å²) in [7, 11) is 0. The molecule has 0 heterocycles. The highest BCUT2D eigenvalue weighted by Gasteiger charge is 2.08. The lowest BCUT2D eigenvalue weighted by molar-refractivity contribution is -0.138. The molecule has 0 fully saturated rings. The highest BCUT2D eigenvalue weighted by molar-refractivity contribution is 9.10. The van der Waals surface area contributed by atoms with Crippen LogP contribution in [0.15, 0.2) is 28.7 Å². The minimum Gasteiger partial charge on any atom is -0.462 e. The van der Waals surface area contributed by atoms with Crippen LogP contribution in [0.1, 0.15) is 85.6 Å². The Hall–Kier alpha value is -0.830. The number of unbranched alkanes of at least 4 members (excludes halogenated alkanes) is 2. The minimum absolute atomic E-state index is 0.318. The molecule has 1 atom stereocenters. The number of rotatable bonds is 6. The van der Waals surface area contributed by atoms with E-state index in [1.807, 2.05) is 34.6 Å². The van der Waals surface area contributed by atoms with Crippen LogP contribution in [0.3, 0.4) is 0 Å². The molecule has 2 nitrogen and oxygen atoms in total. The first kappa shape index (κ1) is 24.4. The van der Waals surface area contributed by atoms with Gasteiger partial charge in [-0.05, 0) is 44.7 Å². The van der Waals surface area contributed by atoms with Crippen LogP contribution in [-0.4, -0.2) is 12.1 Å². The second kappa shape index (κ2) is 14.7. The Bertz CT molecular complexity index is 397. The highest BCUT2D eigenvalue weighted by atomic mass is 79.9. The summed E-state index contributed by atoms with van der Waals surface area (Å²) in [6, 6.07) is 8.55. The van der Waals surface area contributed by atoms with Crippen molar-refractivity contribution in [1.82, 2.24) is 0 Å². The van der Waals surface area contributed by atoms with E-state index >= 15 is 0 Å². The number of carbonyl (C=O) groups is 1. The molecule has 0 radical (unpaired) electrons. The van der Waals surface area contributed by atoms with Gasteiger partial charge in [-0.3, -0.25) is 4.79 Å². The summed E-state index contributed by atoms with van der Waals surface area (Å²) in [4.78, 5) is 9.60. The maximum atomic E-state index is 9.60. The van der Waals surface area contributed by atoms with E-state index in [1.54, 1.807) is 0 Å². The van der Waals surface area contributed by atoms with Crippen LogP contribution in [0.5, 0.6) is 0 Å². The van der Waals surface area contributed by atoms with Gasteiger partial charge in [-0.15, -0.1) is 0 Å². The number of hydrogen-bond donors (Lipinski definition) is 0. The second-order valence-electron chi connectivity index (χ2n) is 6.24. The molecule has 134 valence electrons. The van der Waals surface area contributed by atoms with Crippen molar-refractivity contribution in [1.29, 1.82) is 0 Å². The van der Waals surface area contributed by atoms with Gasteiger partial charge in [0, 0.05) is 4.47 Å². The van der Waals surface area contributed by atoms with Crippen molar-refractivity contribution in [3.05, 3.63) is 34.3 Å². The molecule has 0 aliphatic heterocycles. The first-order chi connectivity index (χ1) is 10.8. The van der Waals surface area contributed by atoms with Gasteiger partial charge in [-0.2, -0.15) is 0 Å². The quantitative estimate of drug-likeness (QED) is 0.384. The average Bonchev–Trinajstić information content (AvgIpc) is 2.49. The molecule has 1 aromatic carbocycles. The van der Waals surface area contributed by atoms with Gasteiger partial charge < -0.3 is 4.74 Å². The Kier molecular flexibility index (Phi) is 15.7. The van der Waals surface area contributed by atoms with Gasteiger partial charge in [0.15, 0.2) is 0 Å². The number of carbonyl (C=O) groups excluding carboxylic acids is 1. The molecule has 1 unspecified atom stereocenters. The molecule has 0 bridgehead atoms. The van der Waals surface area contributed by atoms with E-state index in [9.17, 15) is 4.79 Å².